The summed E-state index contributed by atoms with van der Waals surface area (Å²) in [6, 6.07) is 1.72. The third-order valence-corrected chi connectivity index (χ3v) is 5.26. The lowest BCUT2D eigenvalue weighted by Gasteiger charge is -2.03. The molecule has 0 aromatic carbocycles. The van der Waals surface area contributed by atoms with Gasteiger partial charge in [0.15, 0.2) is 9.35 Å². The topological polar surface area (TPSA) is 64.5 Å². The number of pyridine rings is 1. The average Bonchev–Trinajstić information content (AvgIpc) is 2.97. The number of rotatable bonds is 4. The quantitative estimate of drug-likeness (QED) is 0.520. The van der Waals surface area contributed by atoms with Gasteiger partial charge in [0.25, 0.3) is 0 Å². The molecule has 3 aromatic rings. The van der Waals surface area contributed by atoms with Crippen molar-refractivity contribution in [1.82, 2.24) is 25.1 Å². The first-order chi connectivity index (χ1) is 10.2. The van der Waals surface area contributed by atoms with E-state index in [1.165, 1.54) is 23.1 Å². The number of aromatic nitrogens is 5. The maximum absolute atomic E-state index is 6.11. The van der Waals surface area contributed by atoms with Gasteiger partial charge in [0.05, 0.1) is 6.20 Å². The number of thioether (sulfide) groups is 1. The van der Waals surface area contributed by atoms with E-state index in [4.69, 9.17) is 23.2 Å². The third-order valence-electron chi connectivity index (χ3n) is 2.47. The Bertz CT molecular complexity index is 730. The highest BCUT2D eigenvalue weighted by molar-refractivity contribution is 8.00. The molecular weight excluding hydrogens is 349 g/mol. The van der Waals surface area contributed by atoms with Crippen molar-refractivity contribution in [2.75, 3.05) is 0 Å². The first kappa shape index (κ1) is 14.6. The zero-order valence-electron chi connectivity index (χ0n) is 10.4. The molecule has 3 rings (SSSR count). The molecule has 0 spiro atoms. The molecule has 0 saturated heterocycles. The van der Waals surface area contributed by atoms with Crippen LogP contribution in [0.2, 0.25) is 10.2 Å². The fraction of sp³-hybridized carbons (Fsp3) is 0.0833. The molecule has 0 atom stereocenters. The summed E-state index contributed by atoms with van der Waals surface area (Å²) >= 11 is 15.1. The Hall–Kier alpha value is -1.28. The maximum Gasteiger partial charge on any atom is 0.175 e. The number of halogens is 2. The van der Waals surface area contributed by atoms with Crippen LogP contribution in [0.5, 0.6) is 0 Å². The Labute approximate surface area is 138 Å². The van der Waals surface area contributed by atoms with Gasteiger partial charge in [0.2, 0.25) is 0 Å². The van der Waals surface area contributed by atoms with Crippen LogP contribution in [0.25, 0.3) is 10.7 Å². The lowest BCUT2D eigenvalue weighted by atomic mass is 10.3. The Morgan fingerprint density at radius 3 is 2.76 bits per heavy atom. The van der Waals surface area contributed by atoms with Gasteiger partial charge in [-0.05, 0) is 6.07 Å². The number of hydrogen-bond acceptors (Lipinski definition) is 7. The lowest BCUT2D eigenvalue weighted by Crippen LogP contribution is -1.87. The van der Waals surface area contributed by atoms with Crippen LogP contribution >= 0.6 is 46.3 Å². The summed E-state index contributed by atoms with van der Waals surface area (Å²) in [5, 5.41) is 9.97. The minimum absolute atomic E-state index is 0.411. The Morgan fingerprint density at radius 1 is 1.10 bits per heavy atom. The molecule has 5 nitrogen and oxygen atoms in total. The molecule has 0 aliphatic carbocycles. The van der Waals surface area contributed by atoms with Crippen molar-refractivity contribution in [2.24, 2.45) is 0 Å². The summed E-state index contributed by atoms with van der Waals surface area (Å²) in [4.78, 5) is 12.2. The van der Waals surface area contributed by atoms with Crippen molar-refractivity contribution in [3.8, 4) is 10.7 Å². The number of hydrogen-bond donors (Lipinski definition) is 0. The molecule has 0 radical (unpaired) electrons. The summed E-state index contributed by atoms with van der Waals surface area (Å²) in [5.41, 5.74) is 1.50. The zero-order chi connectivity index (χ0) is 14.7. The average molecular weight is 356 g/mol. The standard InChI is InChI=1S/C12H7Cl2N5S2/c13-8-1-2-17-10(14)7(8)6-20-12-19-18-11(21-12)9-5-15-3-4-16-9/h1-5H,6H2. The van der Waals surface area contributed by atoms with Gasteiger partial charge >= 0.3 is 0 Å². The van der Waals surface area contributed by atoms with Crippen molar-refractivity contribution in [2.45, 2.75) is 10.1 Å². The predicted octanol–water partition coefficient (Wildman–Crippen LogP) is 3.99. The van der Waals surface area contributed by atoms with Gasteiger partial charge in [-0.3, -0.25) is 9.97 Å². The van der Waals surface area contributed by atoms with Crippen LogP contribution in [-0.2, 0) is 5.75 Å². The van der Waals surface area contributed by atoms with Gasteiger partial charge in [-0.1, -0.05) is 46.3 Å². The maximum atomic E-state index is 6.11. The molecule has 0 saturated carbocycles. The van der Waals surface area contributed by atoms with E-state index in [1.807, 2.05) is 0 Å². The minimum Gasteiger partial charge on any atom is -0.261 e. The van der Waals surface area contributed by atoms with E-state index in [1.54, 1.807) is 30.9 Å². The van der Waals surface area contributed by atoms with E-state index in [-0.39, 0.29) is 0 Å². The van der Waals surface area contributed by atoms with E-state index in [2.05, 4.69) is 25.1 Å². The molecule has 0 N–H and O–H groups in total. The van der Waals surface area contributed by atoms with Crippen molar-refractivity contribution in [3.05, 3.63) is 46.6 Å². The molecule has 106 valence electrons. The number of nitrogens with zero attached hydrogens (tertiary/aromatic N) is 5. The summed E-state index contributed by atoms with van der Waals surface area (Å²) in [6.07, 6.45) is 6.48. The van der Waals surface area contributed by atoms with Crippen molar-refractivity contribution in [1.29, 1.82) is 0 Å². The van der Waals surface area contributed by atoms with Crippen LogP contribution in [0.3, 0.4) is 0 Å². The first-order valence-corrected chi connectivity index (χ1v) is 8.31. The molecule has 9 heteroatoms. The summed E-state index contributed by atoms with van der Waals surface area (Å²) in [5.74, 6) is 0.584. The van der Waals surface area contributed by atoms with Gasteiger partial charge in [0.1, 0.15) is 10.8 Å². The lowest BCUT2D eigenvalue weighted by molar-refractivity contribution is 1.01. The van der Waals surface area contributed by atoms with Crippen LogP contribution in [0.4, 0.5) is 0 Å². The predicted molar refractivity (Wildman–Crippen MR) is 84.8 cm³/mol. The van der Waals surface area contributed by atoms with E-state index < -0.39 is 0 Å². The summed E-state index contributed by atoms with van der Waals surface area (Å²) in [7, 11) is 0. The first-order valence-electron chi connectivity index (χ1n) is 5.75. The highest BCUT2D eigenvalue weighted by Gasteiger charge is 2.11. The molecule has 0 amide bonds. The second-order valence-corrected chi connectivity index (χ2v) is 6.78. The van der Waals surface area contributed by atoms with E-state index in [0.717, 1.165) is 14.9 Å². The second-order valence-electron chi connectivity index (χ2n) is 3.81. The molecule has 0 aliphatic heterocycles. The van der Waals surface area contributed by atoms with Crippen LogP contribution in [0.15, 0.2) is 35.2 Å². The third kappa shape index (κ3) is 3.49. The normalized spacial score (nSPS) is 10.8. The van der Waals surface area contributed by atoms with E-state index >= 15 is 0 Å². The SMILES string of the molecule is Clc1ccnc(Cl)c1CSc1nnc(-c2cnccn2)s1. The van der Waals surface area contributed by atoms with Gasteiger partial charge in [0, 0.05) is 34.9 Å². The molecule has 0 aliphatic rings. The van der Waals surface area contributed by atoms with Gasteiger partial charge in [-0.15, -0.1) is 10.2 Å². The molecule has 0 unspecified atom stereocenters. The molecule has 3 aromatic heterocycles. The largest absolute Gasteiger partial charge is 0.261 e. The van der Waals surface area contributed by atoms with Crippen molar-refractivity contribution >= 4 is 46.3 Å². The zero-order valence-corrected chi connectivity index (χ0v) is 13.5. The highest BCUT2D eigenvalue weighted by atomic mass is 35.5. The highest BCUT2D eigenvalue weighted by Crippen LogP contribution is 2.33. The Kier molecular flexibility index (Phi) is 4.64. The van der Waals surface area contributed by atoms with Gasteiger partial charge in [-0.2, -0.15) is 0 Å². The van der Waals surface area contributed by atoms with E-state index in [9.17, 15) is 0 Å². The molecule has 0 bridgehead atoms. The monoisotopic (exact) mass is 355 g/mol. The van der Waals surface area contributed by atoms with E-state index in [0.29, 0.717) is 21.6 Å². The van der Waals surface area contributed by atoms with Crippen LogP contribution < -0.4 is 0 Å². The van der Waals surface area contributed by atoms with Gasteiger partial charge in [-0.25, -0.2) is 4.98 Å². The fourth-order valence-electron chi connectivity index (χ4n) is 1.49. The van der Waals surface area contributed by atoms with Gasteiger partial charge < -0.3 is 0 Å². The molecule has 0 fully saturated rings. The molecule has 3 heterocycles. The molecule has 21 heavy (non-hydrogen) atoms. The smallest absolute Gasteiger partial charge is 0.175 e. The molecular formula is C12H7Cl2N5S2. The Balaban J connectivity index is 1.74. The van der Waals surface area contributed by atoms with Crippen molar-refractivity contribution < 1.29 is 0 Å². The van der Waals surface area contributed by atoms with Crippen molar-refractivity contribution in [3.63, 3.8) is 0 Å². The minimum atomic E-state index is 0.411. The fourth-order valence-corrected chi connectivity index (χ4v) is 3.98. The van der Waals surface area contributed by atoms with Crippen LogP contribution in [-0.4, -0.2) is 25.1 Å². The summed E-state index contributed by atoms with van der Waals surface area (Å²) < 4.78 is 0.812. The van der Waals surface area contributed by atoms with Crippen LogP contribution in [0.1, 0.15) is 5.56 Å². The van der Waals surface area contributed by atoms with Crippen LogP contribution in [0, 0.1) is 0 Å². The summed E-state index contributed by atoms with van der Waals surface area (Å²) in [6.45, 7) is 0. The Morgan fingerprint density at radius 2 is 2.00 bits per heavy atom. The second kappa shape index (κ2) is 6.65.